The normalized spacial score (nSPS) is 18.5. The fourth-order valence-corrected chi connectivity index (χ4v) is 5.91. The number of rotatable bonds is 5. The smallest absolute Gasteiger partial charge is 0.410 e. The zero-order chi connectivity index (χ0) is 23.8. The van der Waals surface area contributed by atoms with Gasteiger partial charge in [-0.3, -0.25) is 9.69 Å². The molecule has 2 aromatic heterocycles. The maximum atomic E-state index is 13.4. The predicted octanol–water partition coefficient (Wildman–Crippen LogP) is 5.79. The van der Waals surface area contributed by atoms with Gasteiger partial charge in [0.2, 0.25) is 0 Å². The quantitative estimate of drug-likeness (QED) is 0.459. The molecule has 0 N–H and O–H groups in total. The highest BCUT2D eigenvalue weighted by Crippen LogP contribution is 2.35. The Hall–Kier alpha value is -2.58. The van der Waals surface area contributed by atoms with E-state index in [9.17, 15) is 9.59 Å². The van der Waals surface area contributed by atoms with Gasteiger partial charge in [0.25, 0.3) is 0 Å². The summed E-state index contributed by atoms with van der Waals surface area (Å²) in [6.45, 7) is 9.94. The number of amides is 1. The summed E-state index contributed by atoms with van der Waals surface area (Å²) in [6.07, 6.45) is 0.357. The summed E-state index contributed by atoms with van der Waals surface area (Å²) in [5.74, 6) is 0.0970. The first-order valence-electron chi connectivity index (χ1n) is 11.1. The van der Waals surface area contributed by atoms with Crippen LogP contribution in [0.5, 0.6) is 0 Å². The Balaban J connectivity index is 1.53. The van der Waals surface area contributed by atoms with Gasteiger partial charge >= 0.3 is 6.09 Å². The molecule has 2 atom stereocenters. The number of ketones is 1. The number of benzene rings is 1. The monoisotopic (exact) mass is 483 g/mol. The van der Waals surface area contributed by atoms with Crippen LogP contribution in [0.15, 0.2) is 35.7 Å². The number of carbonyl (C=O) groups excluding carboxylic acids is 2. The van der Waals surface area contributed by atoms with Crippen molar-refractivity contribution in [3.05, 3.63) is 57.0 Å². The van der Waals surface area contributed by atoms with Gasteiger partial charge in [0.15, 0.2) is 5.78 Å². The summed E-state index contributed by atoms with van der Waals surface area (Å²) in [7, 11) is 0. The third-order valence-electron chi connectivity index (χ3n) is 5.59. The Kier molecular flexibility index (Phi) is 6.68. The molecule has 1 aliphatic rings. The van der Waals surface area contributed by atoms with Gasteiger partial charge in [-0.05, 0) is 46.6 Å². The zero-order valence-corrected chi connectivity index (χ0v) is 21.3. The van der Waals surface area contributed by atoms with Crippen molar-refractivity contribution < 1.29 is 14.3 Å². The molecule has 0 radical (unpaired) electrons. The number of hydrogen-bond acceptors (Lipinski definition) is 7. The lowest BCUT2D eigenvalue weighted by atomic mass is 9.95. The van der Waals surface area contributed by atoms with Gasteiger partial charge < -0.3 is 4.74 Å². The minimum Gasteiger partial charge on any atom is -0.444 e. The van der Waals surface area contributed by atoms with Crippen LogP contribution in [0.1, 0.15) is 54.4 Å². The third-order valence-corrected chi connectivity index (χ3v) is 7.53. The van der Waals surface area contributed by atoms with Crippen molar-refractivity contribution >= 4 is 34.6 Å². The summed E-state index contributed by atoms with van der Waals surface area (Å²) in [5, 5.41) is 3.74. The molecule has 0 aliphatic carbocycles. The molecule has 4 rings (SSSR count). The van der Waals surface area contributed by atoms with E-state index < -0.39 is 17.7 Å². The fourth-order valence-electron chi connectivity index (χ4n) is 4.16. The zero-order valence-electron chi connectivity index (χ0n) is 19.6. The molecule has 3 aromatic rings. The number of ether oxygens (including phenoxy) is 1. The Morgan fingerprint density at radius 2 is 1.88 bits per heavy atom. The van der Waals surface area contributed by atoms with E-state index in [0.29, 0.717) is 13.0 Å². The lowest BCUT2D eigenvalue weighted by Crippen LogP contribution is -2.43. The van der Waals surface area contributed by atoms with Crippen LogP contribution >= 0.6 is 22.7 Å². The van der Waals surface area contributed by atoms with E-state index in [1.165, 1.54) is 11.3 Å². The van der Waals surface area contributed by atoms with Crippen molar-refractivity contribution in [1.82, 2.24) is 14.9 Å². The van der Waals surface area contributed by atoms with Crippen LogP contribution in [0.2, 0.25) is 0 Å². The van der Waals surface area contributed by atoms with E-state index in [1.54, 1.807) is 16.2 Å². The molecule has 1 amide bonds. The van der Waals surface area contributed by atoms with Crippen molar-refractivity contribution in [2.24, 2.45) is 0 Å². The lowest BCUT2D eigenvalue weighted by Gasteiger charge is -2.28. The summed E-state index contributed by atoms with van der Waals surface area (Å²) >= 11 is 3.09. The van der Waals surface area contributed by atoms with Crippen LogP contribution in [0.4, 0.5) is 4.79 Å². The minimum absolute atomic E-state index is 0.00241. The average molecular weight is 484 g/mol. The van der Waals surface area contributed by atoms with E-state index in [1.807, 2.05) is 58.2 Å². The number of aryl methyl sites for hydroxylation is 2. The third kappa shape index (κ3) is 5.50. The van der Waals surface area contributed by atoms with Gasteiger partial charge in [-0.25, -0.2) is 14.8 Å². The van der Waals surface area contributed by atoms with Crippen LogP contribution < -0.4 is 0 Å². The largest absolute Gasteiger partial charge is 0.444 e. The summed E-state index contributed by atoms with van der Waals surface area (Å²) in [6, 6.07) is 9.53. The highest BCUT2D eigenvalue weighted by molar-refractivity contribution is 7.16. The Morgan fingerprint density at radius 3 is 2.52 bits per heavy atom. The number of nitrogens with zero attached hydrogens (tertiary/aromatic N) is 3. The van der Waals surface area contributed by atoms with Gasteiger partial charge in [-0.1, -0.05) is 30.3 Å². The van der Waals surface area contributed by atoms with Gasteiger partial charge in [0.05, 0.1) is 33.7 Å². The van der Waals surface area contributed by atoms with Gasteiger partial charge in [0.1, 0.15) is 10.6 Å². The minimum atomic E-state index is -0.621. The van der Waals surface area contributed by atoms with Crippen molar-refractivity contribution in [2.45, 2.75) is 65.0 Å². The van der Waals surface area contributed by atoms with E-state index in [4.69, 9.17) is 9.72 Å². The van der Waals surface area contributed by atoms with E-state index >= 15 is 0 Å². The van der Waals surface area contributed by atoms with Gasteiger partial charge in [-0.2, -0.15) is 0 Å². The van der Waals surface area contributed by atoms with Crippen LogP contribution in [0.3, 0.4) is 0 Å². The number of aromatic nitrogens is 2. The molecule has 8 heteroatoms. The SMILES string of the molecule is Cc1nc(C)c(-c2csc(CC(=O)[C@H]3C[C@H](c4ccccc4)CN3C(=O)OC(C)(C)C)n2)s1. The molecule has 1 aromatic carbocycles. The van der Waals surface area contributed by atoms with Crippen molar-refractivity contribution in [2.75, 3.05) is 6.54 Å². The Labute approximate surface area is 202 Å². The molecule has 3 heterocycles. The number of likely N-dealkylation sites (tertiary alicyclic amines) is 1. The number of hydrogen-bond donors (Lipinski definition) is 0. The molecule has 1 aliphatic heterocycles. The molecule has 6 nitrogen and oxygen atoms in total. The van der Waals surface area contributed by atoms with E-state index in [0.717, 1.165) is 31.8 Å². The first kappa shape index (κ1) is 23.6. The van der Waals surface area contributed by atoms with Crippen LogP contribution in [0.25, 0.3) is 10.6 Å². The molecule has 174 valence electrons. The summed E-state index contributed by atoms with van der Waals surface area (Å²) in [5.41, 5.74) is 2.33. The second-order valence-corrected chi connectivity index (χ2v) is 11.6. The second kappa shape index (κ2) is 9.35. The first-order chi connectivity index (χ1) is 15.6. The number of carbonyl (C=O) groups is 2. The van der Waals surface area contributed by atoms with Gasteiger partial charge in [-0.15, -0.1) is 22.7 Å². The number of Topliss-reactive ketones (excluding diaryl/α,β-unsaturated/α-hetero) is 1. The average Bonchev–Trinajstić information content (AvgIpc) is 3.45. The molecule has 1 saturated heterocycles. The molecule has 0 spiro atoms. The van der Waals surface area contributed by atoms with Crippen LogP contribution in [-0.4, -0.2) is 44.9 Å². The van der Waals surface area contributed by atoms with E-state index in [2.05, 4.69) is 17.1 Å². The predicted molar refractivity (Wildman–Crippen MR) is 132 cm³/mol. The maximum absolute atomic E-state index is 13.4. The van der Waals surface area contributed by atoms with Crippen LogP contribution in [0, 0.1) is 13.8 Å². The van der Waals surface area contributed by atoms with E-state index in [-0.39, 0.29) is 18.1 Å². The Morgan fingerprint density at radius 1 is 1.15 bits per heavy atom. The standard InChI is InChI=1S/C25H29N3O3S2/c1-15-23(33-16(2)26-15)19-14-32-22(27-19)12-21(29)20-11-18(17-9-7-6-8-10-17)13-28(20)24(30)31-25(3,4)5/h6-10,14,18,20H,11-13H2,1-5H3/t18-,20+/m0/s1. The molecule has 1 fully saturated rings. The molecular formula is C25H29N3O3S2. The lowest BCUT2D eigenvalue weighted by molar-refractivity contribution is -0.122. The highest BCUT2D eigenvalue weighted by atomic mass is 32.1. The fraction of sp³-hybridized carbons (Fsp3) is 0.440. The second-order valence-electron chi connectivity index (χ2n) is 9.41. The Bertz CT molecular complexity index is 1150. The first-order valence-corrected chi connectivity index (χ1v) is 12.8. The van der Waals surface area contributed by atoms with Crippen molar-refractivity contribution in [3.63, 3.8) is 0 Å². The van der Waals surface area contributed by atoms with Crippen molar-refractivity contribution in [3.8, 4) is 10.6 Å². The molecule has 0 saturated carbocycles. The topological polar surface area (TPSA) is 72.4 Å². The highest BCUT2D eigenvalue weighted by Gasteiger charge is 2.41. The van der Waals surface area contributed by atoms with Crippen molar-refractivity contribution in [1.29, 1.82) is 0 Å². The molecule has 33 heavy (non-hydrogen) atoms. The summed E-state index contributed by atoms with van der Waals surface area (Å²) in [4.78, 5) is 38.2. The maximum Gasteiger partial charge on any atom is 0.410 e. The molecule has 0 unspecified atom stereocenters. The van der Waals surface area contributed by atoms with Crippen LogP contribution in [-0.2, 0) is 16.0 Å². The molecular weight excluding hydrogens is 454 g/mol. The molecule has 0 bridgehead atoms. The number of thiazole rings is 2. The summed E-state index contributed by atoms with van der Waals surface area (Å²) < 4.78 is 5.63. The van der Waals surface area contributed by atoms with Gasteiger partial charge in [0, 0.05) is 17.8 Å².